The molecular weight excluding hydrogens is 358 g/mol. The van der Waals surface area contributed by atoms with Crippen LogP contribution in [-0.4, -0.2) is 44.0 Å². The first-order chi connectivity index (χ1) is 12.3. The highest BCUT2D eigenvalue weighted by Crippen LogP contribution is 2.22. The summed E-state index contributed by atoms with van der Waals surface area (Å²) in [7, 11) is 0. The summed E-state index contributed by atoms with van der Waals surface area (Å²) >= 11 is 1.10. The number of benzene rings is 1. The number of ether oxygens (including phenoxy) is 1. The molecule has 140 valence electrons. The SMILES string of the molecule is CC(C)Oc1ccc([C@@H](CC(=O)O)NC(=O)CSc2n[nH]c(N)n2)cc1. The van der Waals surface area contributed by atoms with E-state index >= 15 is 0 Å². The monoisotopic (exact) mass is 379 g/mol. The molecule has 0 radical (unpaired) electrons. The number of amides is 1. The van der Waals surface area contributed by atoms with E-state index in [-0.39, 0.29) is 30.1 Å². The predicted octanol–water partition coefficient (Wildman–Crippen LogP) is 1.60. The van der Waals surface area contributed by atoms with Crippen LogP contribution in [0.5, 0.6) is 5.75 Å². The van der Waals surface area contributed by atoms with Crippen LogP contribution in [0.4, 0.5) is 5.95 Å². The van der Waals surface area contributed by atoms with Gasteiger partial charge in [-0.1, -0.05) is 23.9 Å². The van der Waals surface area contributed by atoms with E-state index in [9.17, 15) is 9.59 Å². The maximum atomic E-state index is 12.2. The average Bonchev–Trinajstić information content (AvgIpc) is 2.97. The number of nitrogen functional groups attached to an aromatic ring is 1. The zero-order valence-electron chi connectivity index (χ0n) is 14.4. The van der Waals surface area contributed by atoms with Crippen molar-refractivity contribution in [3.05, 3.63) is 29.8 Å². The van der Waals surface area contributed by atoms with Crippen molar-refractivity contribution in [1.82, 2.24) is 20.5 Å². The second-order valence-electron chi connectivity index (χ2n) is 5.75. The smallest absolute Gasteiger partial charge is 0.305 e. The highest BCUT2D eigenvalue weighted by atomic mass is 32.2. The van der Waals surface area contributed by atoms with Crippen molar-refractivity contribution in [3.8, 4) is 5.75 Å². The molecule has 0 bridgehead atoms. The lowest BCUT2D eigenvalue weighted by atomic mass is 10.0. The minimum atomic E-state index is -1.01. The van der Waals surface area contributed by atoms with Gasteiger partial charge in [0.05, 0.1) is 24.3 Å². The van der Waals surface area contributed by atoms with E-state index < -0.39 is 12.0 Å². The number of carbonyl (C=O) groups excluding carboxylic acids is 1. The third kappa shape index (κ3) is 6.28. The number of aromatic nitrogens is 3. The molecule has 0 saturated heterocycles. The molecular formula is C16H21N5O4S. The summed E-state index contributed by atoms with van der Waals surface area (Å²) in [6.07, 6.45) is -0.189. The molecule has 0 aliphatic carbocycles. The summed E-state index contributed by atoms with van der Waals surface area (Å²) in [5, 5.41) is 18.5. The molecule has 2 rings (SSSR count). The van der Waals surface area contributed by atoms with Gasteiger partial charge in [0.25, 0.3) is 0 Å². The molecule has 1 atom stereocenters. The fourth-order valence-corrected chi connectivity index (χ4v) is 2.78. The lowest BCUT2D eigenvalue weighted by molar-refractivity contribution is -0.137. The van der Waals surface area contributed by atoms with E-state index in [1.165, 1.54) is 0 Å². The number of rotatable bonds is 9. The van der Waals surface area contributed by atoms with Crippen LogP contribution < -0.4 is 15.8 Å². The normalized spacial score (nSPS) is 12.0. The molecule has 1 amide bonds. The van der Waals surface area contributed by atoms with Crippen LogP contribution in [0.15, 0.2) is 29.4 Å². The van der Waals surface area contributed by atoms with Crippen LogP contribution in [0.1, 0.15) is 31.9 Å². The Balaban J connectivity index is 1.99. The van der Waals surface area contributed by atoms with Crippen LogP contribution >= 0.6 is 11.8 Å². The van der Waals surface area contributed by atoms with Crippen molar-refractivity contribution in [2.24, 2.45) is 0 Å². The van der Waals surface area contributed by atoms with E-state index in [1.54, 1.807) is 24.3 Å². The summed E-state index contributed by atoms with van der Waals surface area (Å²) in [6.45, 7) is 3.84. The average molecular weight is 379 g/mol. The number of carboxylic acids is 1. The largest absolute Gasteiger partial charge is 0.491 e. The predicted molar refractivity (Wildman–Crippen MR) is 96.9 cm³/mol. The third-order valence-corrected chi connectivity index (χ3v) is 4.03. The molecule has 0 saturated carbocycles. The Labute approximate surface area is 154 Å². The first-order valence-corrected chi connectivity index (χ1v) is 8.90. The Kier molecular flexibility index (Phi) is 6.84. The van der Waals surface area contributed by atoms with Gasteiger partial charge >= 0.3 is 5.97 Å². The van der Waals surface area contributed by atoms with Gasteiger partial charge in [-0.3, -0.25) is 9.59 Å². The molecule has 0 spiro atoms. The third-order valence-electron chi connectivity index (χ3n) is 3.18. The number of carbonyl (C=O) groups is 2. The molecule has 1 heterocycles. The molecule has 1 aromatic heterocycles. The van der Waals surface area contributed by atoms with Gasteiger partial charge in [0.1, 0.15) is 5.75 Å². The first-order valence-electron chi connectivity index (χ1n) is 7.92. The van der Waals surface area contributed by atoms with E-state index in [2.05, 4.69) is 20.5 Å². The number of hydrogen-bond donors (Lipinski definition) is 4. The Morgan fingerprint density at radius 1 is 1.35 bits per heavy atom. The molecule has 0 aliphatic heterocycles. The van der Waals surface area contributed by atoms with E-state index in [4.69, 9.17) is 15.6 Å². The van der Waals surface area contributed by atoms with Gasteiger partial charge in [0, 0.05) is 0 Å². The van der Waals surface area contributed by atoms with Crippen LogP contribution in [0.2, 0.25) is 0 Å². The minimum Gasteiger partial charge on any atom is -0.491 e. The first kappa shape index (κ1) is 19.6. The molecule has 26 heavy (non-hydrogen) atoms. The lowest BCUT2D eigenvalue weighted by Crippen LogP contribution is -2.31. The number of aromatic amines is 1. The number of H-pyrrole nitrogens is 1. The number of hydrogen-bond acceptors (Lipinski definition) is 7. The summed E-state index contributed by atoms with van der Waals surface area (Å²) in [5.74, 6) is -0.441. The number of anilines is 1. The second kappa shape index (κ2) is 9.09. The Bertz CT molecular complexity index is 747. The van der Waals surface area contributed by atoms with Gasteiger partial charge in [-0.05, 0) is 31.5 Å². The standard InChI is InChI=1S/C16H21N5O4S/c1-9(2)25-11-5-3-10(4-6-11)12(7-14(23)24)18-13(22)8-26-16-19-15(17)20-21-16/h3-6,9,12H,7-8H2,1-2H3,(H,18,22)(H,23,24)(H3,17,19,20,21)/t12-/m1/s1. The topological polar surface area (TPSA) is 143 Å². The number of carboxylic acid groups (broad SMARTS) is 1. The van der Waals surface area contributed by atoms with E-state index in [0.29, 0.717) is 16.5 Å². The fraction of sp³-hybridized carbons (Fsp3) is 0.375. The quantitative estimate of drug-likeness (QED) is 0.481. The van der Waals surface area contributed by atoms with Crippen LogP contribution in [0.3, 0.4) is 0 Å². The summed E-state index contributed by atoms with van der Waals surface area (Å²) in [5.41, 5.74) is 6.10. The number of nitrogens with one attached hydrogen (secondary N) is 2. The molecule has 0 fully saturated rings. The Hall–Kier alpha value is -2.75. The van der Waals surface area contributed by atoms with Gasteiger partial charge in [0.15, 0.2) is 0 Å². The van der Waals surface area contributed by atoms with Gasteiger partial charge in [-0.2, -0.15) is 4.98 Å². The number of aliphatic carboxylic acids is 1. The maximum absolute atomic E-state index is 12.2. The van der Waals surface area contributed by atoms with Gasteiger partial charge < -0.3 is 20.9 Å². The van der Waals surface area contributed by atoms with Crippen LogP contribution in [-0.2, 0) is 9.59 Å². The van der Waals surface area contributed by atoms with Gasteiger partial charge in [0.2, 0.25) is 17.0 Å². The number of nitrogens with two attached hydrogens (primary N) is 1. The van der Waals surface area contributed by atoms with Crippen molar-refractivity contribution >= 4 is 29.6 Å². The Morgan fingerprint density at radius 2 is 2.04 bits per heavy atom. The van der Waals surface area contributed by atoms with Gasteiger partial charge in [-0.15, -0.1) is 5.10 Å². The molecule has 10 heteroatoms. The fourth-order valence-electron chi connectivity index (χ4n) is 2.17. The molecule has 0 unspecified atom stereocenters. The minimum absolute atomic E-state index is 0.0390. The number of nitrogens with zero attached hydrogens (tertiary/aromatic N) is 2. The zero-order chi connectivity index (χ0) is 19.1. The molecule has 5 N–H and O–H groups in total. The van der Waals surface area contributed by atoms with Gasteiger partial charge in [-0.25, -0.2) is 5.10 Å². The molecule has 9 nitrogen and oxygen atoms in total. The Morgan fingerprint density at radius 3 is 2.58 bits per heavy atom. The zero-order valence-corrected chi connectivity index (χ0v) is 15.2. The second-order valence-corrected chi connectivity index (χ2v) is 6.69. The van der Waals surface area contributed by atoms with E-state index in [1.807, 2.05) is 13.8 Å². The molecule has 0 aliphatic rings. The highest BCUT2D eigenvalue weighted by Gasteiger charge is 2.19. The summed E-state index contributed by atoms with van der Waals surface area (Å²) in [4.78, 5) is 27.2. The highest BCUT2D eigenvalue weighted by molar-refractivity contribution is 7.99. The summed E-state index contributed by atoms with van der Waals surface area (Å²) in [6, 6.07) is 6.35. The molecule has 2 aromatic rings. The number of thioether (sulfide) groups is 1. The van der Waals surface area contributed by atoms with Crippen LogP contribution in [0, 0.1) is 0 Å². The molecule has 1 aromatic carbocycles. The van der Waals surface area contributed by atoms with Crippen molar-refractivity contribution in [1.29, 1.82) is 0 Å². The summed E-state index contributed by atoms with van der Waals surface area (Å²) < 4.78 is 5.57. The van der Waals surface area contributed by atoms with Crippen molar-refractivity contribution in [3.63, 3.8) is 0 Å². The maximum Gasteiger partial charge on any atom is 0.305 e. The van der Waals surface area contributed by atoms with Crippen LogP contribution in [0.25, 0.3) is 0 Å². The lowest BCUT2D eigenvalue weighted by Gasteiger charge is -2.18. The van der Waals surface area contributed by atoms with E-state index in [0.717, 1.165) is 11.8 Å². The van der Waals surface area contributed by atoms with Crippen molar-refractivity contribution < 1.29 is 19.4 Å². The van der Waals surface area contributed by atoms with Crippen molar-refractivity contribution in [2.75, 3.05) is 11.5 Å². The van der Waals surface area contributed by atoms with Crippen molar-refractivity contribution in [2.45, 2.75) is 37.6 Å².